The van der Waals surface area contributed by atoms with Gasteiger partial charge in [0.15, 0.2) is 11.8 Å². The smallest absolute Gasteiger partial charge is 0.276 e. The molecule has 0 bridgehead atoms. The van der Waals surface area contributed by atoms with E-state index >= 15 is 0 Å². The van der Waals surface area contributed by atoms with E-state index in [1.165, 1.54) is 19.3 Å². The van der Waals surface area contributed by atoms with Crippen molar-refractivity contribution >= 4 is 11.9 Å². The number of amides is 1. The lowest BCUT2D eigenvalue weighted by atomic mass is 9.88. The molecule has 1 aliphatic carbocycles. The summed E-state index contributed by atoms with van der Waals surface area (Å²) in [6, 6.07) is 5.79. The van der Waals surface area contributed by atoms with Crippen molar-refractivity contribution in [2.24, 2.45) is 10.9 Å². The molecule has 1 atom stereocenters. The minimum atomic E-state index is 0.222. The third-order valence-corrected chi connectivity index (χ3v) is 6.01. The third kappa shape index (κ3) is 5.59. The van der Waals surface area contributed by atoms with Gasteiger partial charge in [0.1, 0.15) is 5.69 Å². The number of aliphatic imine (C=N–C) groups is 1. The van der Waals surface area contributed by atoms with Crippen molar-refractivity contribution < 1.29 is 9.32 Å². The first kappa shape index (κ1) is 21.3. The first-order chi connectivity index (χ1) is 15.2. The van der Waals surface area contributed by atoms with E-state index in [1.807, 2.05) is 23.1 Å². The van der Waals surface area contributed by atoms with Gasteiger partial charge in [-0.1, -0.05) is 30.5 Å². The maximum Gasteiger partial charge on any atom is 0.276 e. The zero-order chi connectivity index (χ0) is 21.5. The quantitative estimate of drug-likeness (QED) is 0.538. The van der Waals surface area contributed by atoms with Crippen LogP contribution in [0.4, 0.5) is 0 Å². The van der Waals surface area contributed by atoms with E-state index in [1.54, 1.807) is 13.2 Å². The molecule has 2 N–H and O–H groups in total. The Labute approximate surface area is 182 Å². The standard InChI is InChI=1S/C22H31N7O2/c1-23-22(25-13-10-19-27-20(31-28-19)18-9-5-6-12-24-18)26-17-11-14-29(15-17)21(30)16-7-3-2-4-8-16/h5-6,9,12,16-17H,2-4,7-8,10-11,13-15H2,1H3,(H2,23,25,26). The van der Waals surface area contributed by atoms with Crippen molar-refractivity contribution in [1.29, 1.82) is 0 Å². The van der Waals surface area contributed by atoms with Gasteiger partial charge in [0.05, 0.1) is 0 Å². The Morgan fingerprint density at radius 1 is 1.26 bits per heavy atom. The van der Waals surface area contributed by atoms with Gasteiger partial charge in [0, 0.05) is 51.3 Å². The maximum atomic E-state index is 12.8. The van der Waals surface area contributed by atoms with Crippen LogP contribution in [0.15, 0.2) is 33.9 Å². The summed E-state index contributed by atoms with van der Waals surface area (Å²) in [6.45, 7) is 2.19. The Balaban J connectivity index is 1.21. The van der Waals surface area contributed by atoms with E-state index in [2.05, 4.69) is 30.8 Å². The van der Waals surface area contributed by atoms with E-state index in [-0.39, 0.29) is 12.0 Å². The number of carbonyl (C=O) groups excluding carboxylic acids is 1. The summed E-state index contributed by atoms with van der Waals surface area (Å²) in [6.07, 6.45) is 8.99. The summed E-state index contributed by atoms with van der Waals surface area (Å²) in [5, 5.41) is 10.8. The highest BCUT2D eigenvalue weighted by Crippen LogP contribution is 2.26. The molecule has 1 unspecified atom stereocenters. The van der Waals surface area contributed by atoms with Crippen LogP contribution in [0, 0.1) is 5.92 Å². The second-order valence-corrected chi connectivity index (χ2v) is 8.23. The van der Waals surface area contributed by atoms with Gasteiger partial charge in [0.2, 0.25) is 5.91 Å². The molecule has 2 fully saturated rings. The molecule has 1 saturated heterocycles. The monoisotopic (exact) mass is 425 g/mol. The zero-order valence-corrected chi connectivity index (χ0v) is 18.1. The molecule has 166 valence electrons. The number of pyridine rings is 1. The number of carbonyl (C=O) groups is 1. The number of nitrogens with one attached hydrogen (secondary N) is 2. The predicted octanol–water partition coefficient (Wildman–Crippen LogP) is 2.02. The van der Waals surface area contributed by atoms with Crippen molar-refractivity contribution in [2.45, 2.75) is 51.0 Å². The lowest BCUT2D eigenvalue weighted by molar-refractivity contribution is -0.135. The number of rotatable bonds is 6. The molecule has 1 aliphatic heterocycles. The third-order valence-electron chi connectivity index (χ3n) is 6.01. The average Bonchev–Trinajstić information content (AvgIpc) is 3.49. The van der Waals surface area contributed by atoms with Crippen LogP contribution in [0.1, 0.15) is 44.3 Å². The minimum Gasteiger partial charge on any atom is -0.356 e. The van der Waals surface area contributed by atoms with Crippen molar-refractivity contribution in [2.75, 3.05) is 26.7 Å². The van der Waals surface area contributed by atoms with Gasteiger partial charge >= 0.3 is 0 Å². The molecule has 0 spiro atoms. The van der Waals surface area contributed by atoms with Crippen LogP contribution in [-0.2, 0) is 11.2 Å². The number of guanidine groups is 1. The summed E-state index contributed by atoms with van der Waals surface area (Å²) in [5.74, 6) is 2.34. The van der Waals surface area contributed by atoms with Crippen LogP contribution in [0.3, 0.4) is 0 Å². The summed E-state index contributed by atoms with van der Waals surface area (Å²) < 4.78 is 5.29. The lowest BCUT2D eigenvalue weighted by Gasteiger charge is -2.26. The van der Waals surface area contributed by atoms with E-state index in [0.717, 1.165) is 38.3 Å². The van der Waals surface area contributed by atoms with Crippen LogP contribution in [0.25, 0.3) is 11.6 Å². The Bertz CT molecular complexity index is 877. The maximum absolute atomic E-state index is 12.8. The molecule has 9 nitrogen and oxygen atoms in total. The fourth-order valence-electron chi connectivity index (χ4n) is 4.32. The molecular weight excluding hydrogens is 394 g/mol. The van der Waals surface area contributed by atoms with Crippen LogP contribution >= 0.6 is 0 Å². The normalized spacial score (nSPS) is 20.1. The molecule has 2 aliphatic rings. The molecular formula is C22H31N7O2. The number of hydrogen-bond acceptors (Lipinski definition) is 6. The lowest BCUT2D eigenvalue weighted by Crippen LogP contribution is -2.46. The zero-order valence-electron chi connectivity index (χ0n) is 18.1. The molecule has 9 heteroatoms. The number of aromatic nitrogens is 3. The Morgan fingerprint density at radius 2 is 2.13 bits per heavy atom. The van der Waals surface area contributed by atoms with Crippen molar-refractivity contribution in [3.63, 3.8) is 0 Å². The number of likely N-dealkylation sites (tertiary alicyclic amines) is 1. The summed E-state index contributed by atoms with van der Waals surface area (Å²) in [7, 11) is 1.75. The second kappa shape index (κ2) is 10.4. The van der Waals surface area contributed by atoms with Crippen LogP contribution in [0.2, 0.25) is 0 Å². The molecule has 2 aromatic rings. The van der Waals surface area contributed by atoms with Gasteiger partial charge in [-0.25, -0.2) is 0 Å². The molecule has 3 heterocycles. The molecule has 2 aromatic heterocycles. The first-order valence-corrected chi connectivity index (χ1v) is 11.2. The van der Waals surface area contributed by atoms with Crippen LogP contribution in [-0.4, -0.2) is 64.6 Å². The first-order valence-electron chi connectivity index (χ1n) is 11.2. The topological polar surface area (TPSA) is 109 Å². The van der Waals surface area contributed by atoms with Gasteiger partial charge in [-0.3, -0.25) is 14.8 Å². The van der Waals surface area contributed by atoms with E-state index < -0.39 is 0 Å². The van der Waals surface area contributed by atoms with Crippen LogP contribution < -0.4 is 10.6 Å². The molecule has 4 rings (SSSR count). The molecule has 0 radical (unpaired) electrons. The summed E-state index contributed by atoms with van der Waals surface area (Å²) >= 11 is 0. The van der Waals surface area contributed by atoms with Gasteiger partial charge < -0.3 is 20.1 Å². The predicted molar refractivity (Wildman–Crippen MR) is 117 cm³/mol. The Hall–Kier alpha value is -2.97. The fraction of sp³-hybridized carbons (Fsp3) is 0.591. The molecule has 31 heavy (non-hydrogen) atoms. The van der Waals surface area contributed by atoms with Crippen molar-refractivity contribution in [3.8, 4) is 11.6 Å². The van der Waals surface area contributed by atoms with E-state index in [0.29, 0.717) is 36.3 Å². The van der Waals surface area contributed by atoms with Gasteiger partial charge in [-0.15, -0.1) is 0 Å². The average molecular weight is 426 g/mol. The summed E-state index contributed by atoms with van der Waals surface area (Å²) in [5.41, 5.74) is 0.667. The van der Waals surface area contributed by atoms with Gasteiger partial charge in [-0.05, 0) is 31.4 Å². The summed E-state index contributed by atoms with van der Waals surface area (Å²) in [4.78, 5) is 27.7. The highest BCUT2D eigenvalue weighted by Gasteiger charge is 2.31. The Kier molecular flexibility index (Phi) is 7.11. The van der Waals surface area contributed by atoms with Crippen molar-refractivity contribution in [3.05, 3.63) is 30.2 Å². The van der Waals surface area contributed by atoms with E-state index in [9.17, 15) is 4.79 Å². The number of nitrogens with zero attached hydrogens (tertiary/aromatic N) is 5. The van der Waals surface area contributed by atoms with E-state index in [4.69, 9.17) is 4.52 Å². The Morgan fingerprint density at radius 3 is 2.90 bits per heavy atom. The highest BCUT2D eigenvalue weighted by atomic mass is 16.5. The van der Waals surface area contributed by atoms with Crippen molar-refractivity contribution in [1.82, 2.24) is 30.7 Å². The largest absolute Gasteiger partial charge is 0.356 e. The second-order valence-electron chi connectivity index (χ2n) is 8.23. The van der Waals surface area contributed by atoms with Gasteiger partial charge in [0.25, 0.3) is 5.89 Å². The van der Waals surface area contributed by atoms with Crippen LogP contribution in [0.5, 0.6) is 0 Å². The minimum absolute atomic E-state index is 0.222. The molecule has 0 aromatic carbocycles. The molecule has 1 saturated carbocycles. The fourth-order valence-corrected chi connectivity index (χ4v) is 4.32. The SMILES string of the molecule is CN=C(NCCc1noc(-c2ccccn2)n1)NC1CCN(C(=O)C2CCCCC2)C1. The molecule has 1 amide bonds. The highest BCUT2D eigenvalue weighted by molar-refractivity contribution is 5.81. The number of hydrogen-bond donors (Lipinski definition) is 2. The van der Waals surface area contributed by atoms with Gasteiger partial charge in [-0.2, -0.15) is 4.98 Å².